The minimum atomic E-state index is 1.08. The smallest absolute Gasteiger partial charge is 0.0376 e. The Balaban J connectivity index is 1.73. The topological polar surface area (TPSA) is 12.0 Å². The highest BCUT2D eigenvalue weighted by atomic mass is 14.9. The second kappa shape index (κ2) is 10.9. The Morgan fingerprint density at radius 1 is 0.708 bits per heavy atom. The summed E-state index contributed by atoms with van der Waals surface area (Å²) in [4.78, 5) is 0. The lowest BCUT2D eigenvalue weighted by Gasteiger charge is -2.12. The molecule has 130 valence electrons. The molecule has 0 aliphatic heterocycles. The molecular weight excluding hydrogens is 290 g/mol. The molecule has 0 aromatic heterocycles. The van der Waals surface area contributed by atoms with E-state index in [-0.39, 0.29) is 0 Å². The first kappa shape index (κ1) is 18.6. The molecule has 0 heterocycles. The van der Waals surface area contributed by atoms with Crippen molar-refractivity contribution in [1.82, 2.24) is 0 Å². The van der Waals surface area contributed by atoms with E-state index in [1.165, 1.54) is 73.7 Å². The van der Waals surface area contributed by atoms with Gasteiger partial charge in [0.25, 0.3) is 0 Å². The van der Waals surface area contributed by atoms with Gasteiger partial charge in [0, 0.05) is 12.2 Å². The van der Waals surface area contributed by atoms with Gasteiger partial charge in [-0.1, -0.05) is 94.3 Å². The molecule has 24 heavy (non-hydrogen) atoms. The van der Waals surface area contributed by atoms with Crippen LogP contribution < -0.4 is 5.32 Å². The molecule has 0 atom stereocenters. The van der Waals surface area contributed by atoms with Gasteiger partial charge in [-0.15, -0.1) is 0 Å². The van der Waals surface area contributed by atoms with Crippen LogP contribution >= 0.6 is 0 Å². The van der Waals surface area contributed by atoms with Crippen molar-refractivity contribution in [2.75, 3.05) is 11.9 Å². The molecule has 0 unspecified atom stereocenters. The van der Waals surface area contributed by atoms with Crippen molar-refractivity contribution >= 4 is 5.69 Å². The van der Waals surface area contributed by atoms with Crippen LogP contribution in [0.5, 0.6) is 0 Å². The lowest BCUT2D eigenvalue weighted by atomic mass is 10.0. The van der Waals surface area contributed by atoms with Crippen LogP contribution in [-0.2, 0) is 0 Å². The van der Waals surface area contributed by atoms with Crippen molar-refractivity contribution in [3.8, 4) is 11.1 Å². The summed E-state index contributed by atoms with van der Waals surface area (Å²) in [5.74, 6) is 0. The van der Waals surface area contributed by atoms with Crippen LogP contribution in [0.15, 0.2) is 48.5 Å². The molecule has 0 aliphatic carbocycles. The largest absolute Gasteiger partial charge is 0.385 e. The number of anilines is 1. The van der Waals surface area contributed by atoms with E-state index in [1.54, 1.807) is 0 Å². The summed E-state index contributed by atoms with van der Waals surface area (Å²) in [6, 6.07) is 17.3. The van der Waals surface area contributed by atoms with Crippen molar-refractivity contribution < 1.29 is 0 Å². The zero-order valence-electron chi connectivity index (χ0n) is 15.5. The summed E-state index contributed by atoms with van der Waals surface area (Å²) in [6.45, 7) is 5.54. The van der Waals surface area contributed by atoms with E-state index in [0.717, 1.165) is 6.54 Å². The molecule has 0 fully saturated rings. The minimum absolute atomic E-state index is 1.08. The van der Waals surface area contributed by atoms with E-state index >= 15 is 0 Å². The average Bonchev–Trinajstić information content (AvgIpc) is 2.62. The molecule has 0 saturated heterocycles. The highest BCUT2D eigenvalue weighted by molar-refractivity contribution is 5.69. The molecule has 0 amide bonds. The number of hydrogen-bond donors (Lipinski definition) is 1. The number of aryl methyl sites for hydroxylation is 1. The van der Waals surface area contributed by atoms with Gasteiger partial charge in [0.15, 0.2) is 0 Å². The fraction of sp³-hybridized carbons (Fsp3) is 0.478. The Hall–Kier alpha value is -1.76. The predicted octanol–water partition coefficient (Wildman–Crippen LogP) is 7.21. The van der Waals surface area contributed by atoms with Crippen LogP contribution in [0.25, 0.3) is 11.1 Å². The van der Waals surface area contributed by atoms with E-state index in [2.05, 4.69) is 67.7 Å². The Labute approximate surface area is 148 Å². The number of rotatable bonds is 11. The van der Waals surface area contributed by atoms with Crippen LogP contribution in [0.1, 0.15) is 63.9 Å². The first-order valence-corrected chi connectivity index (χ1v) is 9.71. The van der Waals surface area contributed by atoms with Crippen molar-refractivity contribution in [3.05, 3.63) is 54.1 Å². The highest BCUT2D eigenvalue weighted by Crippen LogP contribution is 2.25. The van der Waals surface area contributed by atoms with E-state index in [0.29, 0.717) is 0 Å². The average molecular weight is 324 g/mol. The second-order valence-corrected chi connectivity index (χ2v) is 6.80. The molecule has 0 bridgehead atoms. The fourth-order valence-electron chi connectivity index (χ4n) is 3.10. The third kappa shape index (κ3) is 6.39. The van der Waals surface area contributed by atoms with Crippen molar-refractivity contribution in [2.45, 2.75) is 65.2 Å². The molecule has 2 aromatic carbocycles. The summed E-state index contributed by atoms with van der Waals surface area (Å²) in [6.07, 6.45) is 11.0. The fourth-order valence-corrected chi connectivity index (χ4v) is 3.10. The summed E-state index contributed by atoms with van der Waals surface area (Å²) in [5, 5.41) is 3.63. The van der Waals surface area contributed by atoms with E-state index in [9.17, 15) is 0 Å². The van der Waals surface area contributed by atoms with Crippen LogP contribution in [0.3, 0.4) is 0 Å². The van der Waals surface area contributed by atoms with Gasteiger partial charge in [0.2, 0.25) is 0 Å². The Kier molecular flexibility index (Phi) is 8.45. The van der Waals surface area contributed by atoms with Crippen molar-refractivity contribution in [2.24, 2.45) is 0 Å². The SMILES string of the molecule is CCCCCCCCCCNc1cc(-c2ccccc2)ccc1C. The van der Waals surface area contributed by atoms with E-state index < -0.39 is 0 Å². The first-order chi connectivity index (χ1) is 11.8. The van der Waals surface area contributed by atoms with Gasteiger partial charge < -0.3 is 5.32 Å². The molecule has 0 spiro atoms. The molecule has 2 rings (SSSR count). The molecule has 1 N–H and O–H groups in total. The maximum absolute atomic E-state index is 3.63. The molecule has 0 saturated carbocycles. The molecule has 1 heteroatoms. The number of nitrogens with one attached hydrogen (secondary N) is 1. The van der Waals surface area contributed by atoms with Gasteiger partial charge >= 0.3 is 0 Å². The summed E-state index contributed by atoms with van der Waals surface area (Å²) in [5.41, 5.74) is 5.18. The highest BCUT2D eigenvalue weighted by Gasteiger charge is 2.02. The van der Waals surface area contributed by atoms with Crippen LogP contribution in [-0.4, -0.2) is 6.54 Å². The lowest BCUT2D eigenvalue weighted by molar-refractivity contribution is 0.581. The minimum Gasteiger partial charge on any atom is -0.385 e. The van der Waals surface area contributed by atoms with Gasteiger partial charge in [-0.2, -0.15) is 0 Å². The maximum Gasteiger partial charge on any atom is 0.0376 e. The molecule has 1 nitrogen and oxygen atoms in total. The van der Waals surface area contributed by atoms with Gasteiger partial charge in [0.05, 0.1) is 0 Å². The number of benzene rings is 2. The molecule has 0 aliphatic rings. The predicted molar refractivity (Wildman–Crippen MR) is 108 cm³/mol. The maximum atomic E-state index is 3.63. The third-order valence-corrected chi connectivity index (χ3v) is 4.69. The van der Waals surface area contributed by atoms with Gasteiger partial charge in [-0.3, -0.25) is 0 Å². The quantitative estimate of drug-likeness (QED) is 0.431. The standard InChI is InChI=1S/C23H33N/c1-3-4-5-6-7-8-9-13-18-24-23-19-22(17-16-20(23)2)21-14-11-10-12-15-21/h10-12,14-17,19,24H,3-9,13,18H2,1-2H3. The van der Waals surface area contributed by atoms with Crippen LogP contribution in [0.2, 0.25) is 0 Å². The third-order valence-electron chi connectivity index (χ3n) is 4.69. The zero-order valence-corrected chi connectivity index (χ0v) is 15.5. The van der Waals surface area contributed by atoms with Crippen LogP contribution in [0, 0.1) is 6.92 Å². The lowest BCUT2D eigenvalue weighted by Crippen LogP contribution is -2.03. The Morgan fingerprint density at radius 2 is 1.38 bits per heavy atom. The van der Waals surface area contributed by atoms with Crippen molar-refractivity contribution in [1.29, 1.82) is 0 Å². The first-order valence-electron chi connectivity index (χ1n) is 9.71. The number of hydrogen-bond acceptors (Lipinski definition) is 1. The monoisotopic (exact) mass is 323 g/mol. The zero-order chi connectivity index (χ0) is 17.0. The molecule has 0 radical (unpaired) electrons. The molecular formula is C23H33N. The van der Waals surface area contributed by atoms with Crippen molar-refractivity contribution in [3.63, 3.8) is 0 Å². The summed E-state index contributed by atoms with van der Waals surface area (Å²) < 4.78 is 0. The summed E-state index contributed by atoms with van der Waals surface area (Å²) in [7, 11) is 0. The van der Waals surface area contributed by atoms with Crippen LogP contribution in [0.4, 0.5) is 5.69 Å². The van der Waals surface area contributed by atoms with Gasteiger partial charge in [-0.25, -0.2) is 0 Å². The summed E-state index contributed by atoms with van der Waals surface area (Å²) >= 11 is 0. The van der Waals surface area contributed by atoms with Gasteiger partial charge in [-0.05, 0) is 36.1 Å². The Morgan fingerprint density at radius 3 is 2.08 bits per heavy atom. The van der Waals surface area contributed by atoms with E-state index in [4.69, 9.17) is 0 Å². The van der Waals surface area contributed by atoms with E-state index in [1.807, 2.05) is 0 Å². The Bertz CT molecular complexity index is 574. The number of unbranched alkanes of at least 4 members (excludes halogenated alkanes) is 7. The molecule has 2 aromatic rings. The second-order valence-electron chi connectivity index (χ2n) is 6.80. The van der Waals surface area contributed by atoms with Gasteiger partial charge in [0.1, 0.15) is 0 Å². The normalized spacial score (nSPS) is 10.8.